The second-order valence-corrected chi connectivity index (χ2v) is 2.18. The summed E-state index contributed by atoms with van der Waals surface area (Å²) in [5.41, 5.74) is 1.20. The molecule has 0 aromatic rings. The Balaban J connectivity index is 3.74. The third-order valence-electron chi connectivity index (χ3n) is 1.33. The van der Waals surface area contributed by atoms with Crippen LogP contribution in [0.25, 0.3) is 0 Å². The number of hydrogen-bond acceptors (Lipinski definition) is 0. The minimum Gasteiger partial charge on any atom is -0.0985 e. The van der Waals surface area contributed by atoms with E-state index in [0.29, 0.717) is 0 Å². The molecule has 0 atom stereocenters. The molecule has 0 amide bonds. The molecule has 0 fully saturated rings. The van der Waals surface area contributed by atoms with E-state index in [9.17, 15) is 0 Å². The second kappa shape index (κ2) is 6.34. The number of unbranched alkanes of at least 4 members (excludes halogenated alkanes) is 1. The van der Waals surface area contributed by atoms with Gasteiger partial charge in [0.1, 0.15) is 0 Å². The van der Waals surface area contributed by atoms with E-state index < -0.39 is 0 Å². The van der Waals surface area contributed by atoms with Crippen LogP contribution in [0.4, 0.5) is 0 Å². The van der Waals surface area contributed by atoms with Gasteiger partial charge in [-0.15, -0.1) is 0 Å². The molecule has 0 aromatic carbocycles. The molecule has 0 rings (SSSR count). The highest BCUT2D eigenvalue weighted by Gasteiger charge is 1.78. The van der Waals surface area contributed by atoms with Gasteiger partial charge in [-0.2, -0.15) is 0 Å². The quantitative estimate of drug-likeness (QED) is 0.519. The number of rotatable bonds is 4. The lowest BCUT2D eigenvalue weighted by Gasteiger charge is -1.88. The van der Waals surface area contributed by atoms with Gasteiger partial charge in [0, 0.05) is 0 Å². The van der Waals surface area contributed by atoms with Gasteiger partial charge in [0.2, 0.25) is 0 Å². The van der Waals surface area contributed by atoms with Crippen molar-refractivity contribution < 1.29 is 0 Å². The van der Waals surface area contributed by atoms with E-state index in [1.807, 2.05) is 13.0 Å². The summed E-state index contributed by atoms with van der Waals surface area (Å²) in [6, 6.07) is 0. The van der Waals surface area contributed by atoms with Crippen molar-refractivity contribution >= 4 is 0 Å². The fourth-order valence-electron chi connectivity index (χ4n) is 0.668. The highest BCUT2D eigenvalue weighted by Crippen LogP contribution is 1.99. The summed E-state index contributed by atoms with van der Waals surface area (Å²) in [6.45, 7) is 7.89. The molecule has 0 nitrogen and oxygen atoms in total. The van der Waals surface area contributed by atoms with E-state index in [-0.39, 0.29) is 0 Å². The standard InChI is InChI=1S/C10H16/c1-4-7-8-9-10(5-2)6-3/h5-6,8-9H,2,4,7H2,1,3H3/b9-8-,10-6-. The van der Waals surface area contributed by atoms with Crippen molar-refractivity contribution in [1.82, 2.24) is 0 Å². The molecule has 0 unspecified atom stereocenters. The van der Waals surface area contributed by atoms with Crippen molar-refractivity contribution in [3.05, 3.63) is 36.5 Å². The van der Waals surface area contributed by atoms with Crippen LogP contribution >= 0.6 is 0 Å². The summed E-state index contributed by atoms with van der Waals surface area (Å²) in [4.78, 5) is 0. The van der Waals surface area contributed by atoms with E-state index in [1.165, 1.54) is 12.0 Å². The molecule has 0 heterocycles. The first-order chi connectivity index (χ1) is 4.85. The first-order valence-corrected chi connectivity index (χ1v) is 3.80. The summed E-state index contributed by atoms with van der Waals surface area (Å²) in [7, 11) is 0. The van der Waals surface area contributed by atoms with Crippen LogP contribution in [-0.2, 0) is 0 Å². The van der Waals surface area contributed by atoms with Crippen molar-refractivity contribution in [2.45, 2.75) is 26.7 Å². The summed E-state index contributed by atoms with van der Waals surface area (Å²) in [5.74, 6) is 0. The largest absolute Gasteiger partial charge is 0.0985 e. The van der Waals surface area contributed by atoms with Gasteiger partial charge >= 0.3 is 0 Å². The SMILES string of the molecule is C=CC(/C=C\CCC)=C/C. The average Bonchev–Trinajstić information content (AvgIpc) is 1.99. The van der Waals surface area contributed by atoms with E-state index >= 15 is 0 Å². The Morgan fingerprint density at radius 1 is 1.50 bits per heavy atom. The summed E-state index contributed by atoms with van der Waals surface area (Å²) < 4.78 is 0. The smallest absolute Gasteiger partial charge is 0.0308 e. The molecule has 0 N–H and O–H groups in total. The van der Waals surface area contributed by atoms with Crippen LogP contribution < -0.4 is 0 Å². The monoisotopic (exact) mass is 136 g/mol. The molecule has 0 aliphatic heterocycles. The van der Waals surface area contributed by atoms with Crippen LogP contribution in [0.2, 0.25) is 0 Å². The highest BCUT2D eigenvalue weighted by atomic mass is 13.8. The predicted octanol–water partition coefficient (Wildman–Crippen LogP) is 3.48. The van der Waals surface area contributed by atoms with E-state index in [4.69, 9.17) is 0 Å². The predicted molar refractivity (Wildman–Crippen MR) is 48.0 cm³/mol. The molecule has 0 heteroatoms. The third-order valence-corrected chi connectivity index (χ3v) is 1.33. The molecule has 0 aromatic heterocycles. The average molecular weight is 136 g/mol. The van der Waals surface area contributed by atoms with Crippen molar-refractivity contribution in [2.24, 2.45) is 0 Å². The van der Waals surface area contributed by atoms with Crippen molar-refractivity contribution in [2.75, 3.05) is 0 Å². The molecule has 0 bridgehead atoms. The Bertz CT molecular complexity index is 138. The normalized spacial score (nSPS) is 12.4. The van der Waals surface area contributed by atoms with Crippen molar-refractivity contribution in [3.8, 4) is 0 Å². The maximum Gasteiger partial charge on any atom is -0.0308 e. The van der Waals surface area contributed by atoms with Crippen molar-refractivity contribution in [3.63, 3.8) is 0 Å². The third kappa shape index (κ3) is 4.13. The molecule has 0 aliphatic rings. The van der Waals surface area contributed by atoms with Gasteiger partial charge in [-0.3, -0.25) is 0 Å². The Morgan fingerprint density at radius 3 is 2.60 bits per heavy atom. The van der Waals surface area contributed by atoms with Gasteiger partial charge in [0.05, 0.1) is 0 Å². The molecule has 0 saturated carbocycles. The van der Waals surface area contributed by atoms with Gasteiger partial charge in [0.15, 0.2) is 0 Å². The zero-order valence-corrected chi connectivity index (χ0v) is 6.93. The Kier molecular flexibility index (Phi) is 5.85. The maximum absolute atomic E-state index is 3.69. The molecule has 56 valence electrons. The zero-order chi connectivity index (χ0) is 7.82. The number of allylic oxidation sites excluding steroid dienone is 5. The van der Waals surface area contributed by atoms with Crippen LogP contribution in [0.15, 0.2) is 36.5 Å². The lowest BCUT2D eigenvalue weighted by molar-refractivity contribution is 0.958. The molecule has 0 radical (unpaired) electrons. The van der Waals surface area contributed by atoms with Gasteiger partial charge in [-0.05, 0) is 18.9 Å². The van der Waals surface area contributed by atoms with Gasteiger partial charge in [-0.1, -0.05) is 44.2 Å². The fourth-order valence-corrected chi connectivity index (χ4v) is 0.668. The second-order valence-electron chi connectivity index (χ2n) is 2.18. The summed E-state index contributed by atoms with van der Waals surface area (Å²) in [6.07, 6.45) is 10.6. The fraction of sp³-hybridized carbons (Fsp3) is 0.400. The van der Waals surface area contributed by atoms with E-state index in [1.54, 1.807) is 0 Å². The summed E-state index contributed by atoms with van der Waals surface area (Å²) in [5, 5.41) is 0. The Hall–Kier alpha value is -0.780. The maximum atomic E-state index is 3.69. The summed E-state index contributed by atoms with van der Waals surface area (Å²) >= 11 is 0. The lowest BCUT2D eigenvalue weighted by atomic mass is 10.2. The van der Waals surface area contributed by atoms with E-state index in [2.05, 4.69) is 31.7 Å². The molecular formula is C10H16. The van der Waals surface area contributed by atoms with Gasteiger partial charge in [-0.25, -0.2) is 0 Å². The topological polar surface area (TPSA) is 0 Å². The van der Waals surface area contributed by atoms with Crippen LogP contribution in [0.3, 0.4) is 0 Å². The first kappa shape index (κ1) is 9.22. The first-order valence-electron chi connectivity index (χ1n) is 3.80. The minimum atomic E-state index is 1.16. The minimum absolute atomic E-state index is 1.16. The van der Waals surface area contributed by atoms with Crippen LogP contribution in [0.5, 0.6) is 0 Å². The van der Waals surface area contributed by atoms with Crippen LogP contribution in [0, 0.1) is 0 Å². The Morgan fingerprint density at radius 2 is 2.20 bits per heavy atom. The molecule has 0 saturated heterocycles. The zero-order valence-electron chi connectivity index (χ0n) is 6.93. The van der Waals surface area contributed by atoms with Gasteiger partial charge < -0.3 is 0 Å². The molecule has 0 spiro atoms. The van der Waals surface area contributed by atoms with Crippen molar-refractivity contribution in [1.29, 1.82) is 0 Å². The van der Waals surface area contributed by atoms with Gasteiger partial charge in [0.25, 0.3) is 0 Å². The molecule has 0 aliphatic carbocycles. The number of hydrogen-bond donors (Lipinski definition) is 0. The highest BCUT2D eigenvalue weighted by molar-refractivity contribution is 5.28. The molecule has 10 heavy (non-hydrogen) atoms. The lowest BCUT2D eigenvalue weighted by Crippen LogP contribution is -1.67. The Labute approximate surface area is 64.0 Å². The van der Waals surface area contributed by atoms with Crippen LogP contribution in [0.1, 0.15) is 26.7 Å². The van der Waals surface area contributed by atoms with Crippen LogP contribution in [-0.4, -0.2) is 0 Å². The van der Waals surface area contributed by atoms with E-state index in [0.717, 1.165) is 6.42 Å². The molecular weight excluding hydrogens is 120 g/mol.